The first-order valence-corrected chi connectivity index (χ1v) is 13.3. The fourth-order valence-corrected chi connectivity index (χ4v) is 6.27. The first kappa shape index (κ1) is 27.3. The minimum atomic E-state index is -4.84. The number of benzene rings is 3. The molecule has 0 aromatic heterocycles. The summed E-state index contributed by atoms with van der Waals surface area (Å²) >= 11 is 0. The predicted molar refractivity (Wildman–Crippen MR) is 138 cm³/mol. The van der Waals surface area contributed by atoms with Crippen LogP contribution in [0.4, 0.5) is 22.0 Å². The second-order valence-corrected chi connectivity index (χ2v) is 10.6. The molecule has 1 unspecified atom stereocenters. The van der Waals surface area contributed by atoms with Crippen molar-refractivity contribution in [1.82, 2.24) is 4.90 Å². The molecule has 0 amide bonds. The Morgan fingerprint density at radius 2 is 1.51 bits per heavy atom. The molecule has 8 heteroatoms. The zero-order valence-corrected chi connectivity index (χ0v) is 21.4. The number of halogens is 5. The van der Waals surface area contributed by atoms with Gasteiger partial charge in [0.05, 0.1) is 17.0 Å². The van der Waals surface area contributed by atoms with E-state index in [1.165, 1.54) is 18.2 Å². The zero-order valence-electron chi connectivity index (χ0n) is 21.4. The highest BCUT2D eigenvalue weighted by Gasteiger charge is 2.43. The molecule has 5 rings (SSSR count). The Morgan fingerprint density at radius 1 is 0.846 bits per heavy atom. The van der Waals surface area contributed by atoms with Crippen molar-refractivity contribution in [2.45, 2.75) is 62.6 Å². The van der Waals surface area contributed by atoms with Gasteiger partial charge in [-0.15, -0.1) is 0 Å². The fourth-order valence-electron chi connectivity index (χ4n) is 6.27. The minimum Gasteiger partial charge on any atom is -0.481 e. The Balaban J connectivity index is 1.73. The molecule has 0 bridgehead atoms. The maximum Gasteiger partial charge on any atom is 0.419 e. The normalized spacial score (nSPS) is 18.7. The van der Waals surface area contributed by atoms with Crippen LogP contribution in [0, 0.1) is 11.6 Å². The van der Waals surface area contributed by atoms with E-state index < -0.39 is 28.9 Å². The van der Waals surface area contributed by atoms with Gasteiger partial charge in [-0.3, -0.25) is 9.69 Å². The summed E-state index contributed by atoms with van der Waals surface area (Å²) in [6.07, 6.45) is 0.573. The standard InChI is InChI=1S/C31H30F5NO2/c32-23-10-6-20(7-11-23)28(37-16-4-1-5-17-37)24-12-9-22(30(29(38)39)14-2-3-15-30)19-25(24)21-8-13-26(27(33)18-21)31(34,35)36/h6-13,18-19,28H,1-5,14-17H2,(H,38,39). The van der Waals surface area contributed by atoms with E-state index in [0.717, 1.165) is 62.9 Å². The van der Waals surface area contributed by atoms with Crippen LogP contribution in [0.5, 0.6) is 0 Å². The third-order valence-corrected chi connectivity index (χ3v) is 8.29. The summed E-state index contributed by atoms with van der Waals surface area (Å²) in [6, 6.07) is 13.9. The number of carboxylic acid groups (broad SMARTS) is 1. The molecule has 0 spiro atoms. The molecule has 1 N–H and O–H groups in total. The number of piperidine rings is 1. The largest absolute Gasteiger partial charge is 0.481 e. The second-order valence-electron chi connectivity index (χ2n) is 10.6. The summed E-state index contributed by atoms with van der Waals surface area (Å²) in [4.78, 5) is 14.7. The Kier molecular flexibility index (Phi) is 7.51. The van der Waals surface area contributed by atoms with Crippen molar-refractivity contribution in [3.63, 3.8) is 0 Å². The van der Waals surface area contributed by atoms with Crippen molar-refractivity contribution in [2.24, 2.45) is 0 Å². The van der Waals surface area contributed by atoms with Crippen LogP contribution in [0.1, 0.15) is 73.2 Å². The summed E-state index contributed by atoms with van der Waals surface area (Å²) in [5, 5.41) is 10.2. The van der Waals surface area contributed by atoms with Gasteiger partial charge in [-0.2, -0.15) is 13.2 Å². The molecule has 1 aliphatic carbocycles. The molecule has 39 heavy (non-hydrogen) atoms. The van der Waals surface area contributed by atoms with Crippen LogP contribution in [0.15, 0.2) is 60.7 Å². The molecule has 1 heterocycles. The number of carboxylic acids is 1. The Hall–Kier alpha value is -3.26. The summed E-state index contributed by atoms with van der Waals surface area (Å²) in [6.45, 7) is 1.54. The van der Waals surface area contributed by atoms with E-state index >= 15 is 0 Å². The lowest BCUT2D eigenvalue weighted by atomic mass is 9.76. The molecule has 1 atom stereocenters. The highest BCUT2D eigenvalue weighted by atomic mass is 19.4. The van der Waals surface area contributed by atoms with Crippen molar-refractivity contribution in [3.05, 3.63) is 94.6 Å². The zero-order chi connectivity index (χ0) is 27.8. The summed E-state index contributed by atoms with van der Waals surface area (Å²) in [5.41, 5.74) is 0.329. The molecule has 1 saturated carbocycles. The number of alkyl halides is 3. The van der Waals surface area contributed by atoms with Gasteiger partial charge in [-0.05, 0) is 96.9 Å². The molecular formula is C31H30F5NO2. The van der Waals surface area contributed by atoms with Crippen molar-refractivity contribution in [1.29, 1.82) is 0 Å². The second kappa shape index (κ2) is 10.7. The van der Waals surface area contributed by atoms with E-state index in [-0.39, 0.29) is 17.4 Å². The van der Waals surface area contributed by atoms with Gasteiger partial charge in [0, 0.05) is 0 Å². The molecule has 3 aromatic carbocycles. The molecule has 2 aliphatic rings. The Morgan fingerprint density at radius 3 is 2.10 bits per heavy atom. The third-order valence-electron chi connectivity index (χ3n) is 8.29. The maximum atomic E-state index is 14.8. The Bertz CT molecular complexity index is 1340. The van der Waals surface area contributed by atoms with Crippen molar-refractivity contribution >= 4 is 5.97 Å². The highest BCUT2D eigenvalue weighted by molar-refractivity contribution is 5.83. The van der Waals surface area contributed by atoms with Crippen LogP contribution in [0.3, 0.4) is 0 Å². The van der Waals surface area contributed by atoms with Crippen molar-refractivity contribution in [2.75, 3.05) is 13.1 Å². The van der Waals surface area contributed by atoms with Crippen LogP contribution in [-0.2, 0) is 16.4 Å². The molecular weight excluding hydrogens is 513 g/mol. The van der Waals surface area contributed by atoms with Crippen LogP contribution in [-0.4, -0.2) is 29.1 Å². The number of nitrogens with zero attached hydrogens (tertiary/aromatic N) is 1. The number of hydrogen-bond donors (Lipinski definition) is 1. The van der Waals surface area contributed by atoms with Gasteiger partial charge in [0.15, 0.2) is 0 Å². The monoisotopic (exact) mass is 543 g/mol. The number of hydrogen-bond acceptors (Lipinski definition) is 2. The van der Waals surface area contributed by atoms with E-state index in [9.17, 15) is 31.9 Å². The van der Waals surface area contributed by atoms with Crippen LogP contribution >= 0.6 is 0 Å². The number of likely N-dealkylation sites (tertiary alicyclic amines) is 1. The first-order valence-electron chi connectivity index (χ1n) is 13.3. The summed E-state index contributed by atoms with van der Waals surface area (Å²) in [5.74, 6) is -2.72. The number of rotatable bonds is 6. The average Bonchev–Trinajstić information content (AvgIpc) is 3.42. The van der Waals surface area contributed by atoms with Crippen molar-refractivity contribution < 1.29 is 31.9 Å². The van der Waals surface area contributed by atoms with E-state index in [4.69, 9.17) is 0 Å². The molecule has 1 saturated heterocycles. The highest BCUT2D eigenvalue weighted by Crippen LogP contribution is 2.45. The van der Waals surface area contributed by atoms with E-state index in [2.05, 4.69) is 4.90 Å². The smallest absolute Gasteiger partial charge is 0.419 e. The number of aliphatic carboxylic acids is 1. The lowest BCUT2D eigenvalue weighted by molar-refractivity contribution is -0.143. The maximum absolute atomic E-state index is 14.8. The fraction of sp³-hybridized carbons (Fsp3) is 0.387. The molecule has 0 radical (unpaired) electrons. The van der Waals surface area contributed by atoms with Crippen LogP contribution in [0.25, 0.3) is 11.1 Å². The van der Waals surface area contributed by atoms with E-state index in [0.29, 0.717) is 29.5 Å². The average molecular weight is 544 g/mol. The van der Waals surface area contributed by atoms with E-state index in [1.807, 2.05) is 6.07 Å². The van der Waals surface area contributed by atoms with Crippen LogP contribution in [0.2, 0.25) is 0 Å². The van der Waals surface area contributed by atoms with E-state index in [1.54, 1.807) is 24.3 Å². The first-order chi connectivity index (χ1) is 18.6. The lowest BCUT2D eigenvalue weighted by Gasteiger charge is -2.37. The van der Waals surface area contributed by atoms with Gasteiger partial charge in [0.2, 0.25) is 0 Å². The Labute approximate surface area is 224 Å². The van der Waals surface area contributed by atoms with Gasteiger partial charge in [-0.25, -0.2) is 8.78 Å². The van der Waals surface area contributed by atoms with Gasteiger partial charge < -0.3 is 5.11 Å². The number of carbonyl (C=O) groups is 1. The third kappa shape index (κ3) is 5.31. The summed E-state index contributed by atoms with van der Waals surface area (Å²) in [7, 11) is 0. The summed E-state index contributed by atoms with van der Waals surface area (Å²) < 4.78 is 68.7. The minimum absolute atomic E-state index is 0.236. The molecule has 3 aromatic rings. The molecule has 2 fully saturated rings. The predicted octanol–water partition coefficient (Wildman–Crippen LogP) is 8.12. The van der Waals surface area contributed by atoms with Gasteiger partial charge in [0.25, 0.3) is 0 Å². The van der Waals surface area contributed by atoms with Gasteiger partial charge >= 0.3 is 12.1 Å². The molecule has 1 aliphatic heterocycles. The quantitative estimate of drug-likeness (QED) is 0.319. The van der Waals surface area contributed by atoms with Crippen LogP contribution < -0.4 is 0 Å². The SMILES string of the molecule is O=C(O)C1(c2ccc(C(c3ccc(F)cc3)N3CCCCC3)c(-c3ccc(C(F)(F)F)c(F)c3)c2)CCCC1. The van der Waals surface area contributed by atoms with Gasteiger partial charge in [-0.1, -0.05) is 49.6 Å². The van der Waals surface area contributed by atoms with Gasteiger partial charge in [0.1, 0.15) is 11.6 Å². The topological polar surface area (TPSA) is 40.5 Å². The molecule has 206 valence electrons. The lowest BCUT2D eigenvalue weighted by Crippen LogP contribution is -2.35. The van der Waals surface area contributed by atoms with Crippen molar-refractivity contribution in [3.8, 4) is 11.1 Å². The molecule has 3 nitrogen and oxygen atoms in total.